The molecule has 26 heavy (non-hydrogen) atoms. The first-order chi connectivity index (χ1) is 12.3. The van der Waals surface area contributed by atoms with E-state index in [2.05, 4.69) is 10.2 Å². The van der Waals surface area contributed by atoms with Gasteiger partial charge in [-0.2, -0.15) is 0 Å². The monoisotopic (exact) mass is 427 g/mol. The molecule has 2 aromatic carbocycles. The number of halogens is 2. The van der Waals surface area contributed by atoms with Crippen molar-refractivity contribution in [1.82, 2.24) is 14.8 Å². The largest absolute Gasteiger partial charge is 0.270 e. The summed E-state index contributed by atoms with van der Waals surface area (Å²) in [5.41, 5.74) is 1.69. The van der Waals surface area contributed by atoms with Gasteiger partial charge >= 0.3 is 0 Å². The number of hydrogen-bond donors (Lipinski definition) is 0. The molecule has 0 aliphatic rings. The fraction of sp³-hybridized carbons (Fsp3) is 0.176. The molecule has 136 valence electrons. The predicted molar refractivity (Wildman–Crippen MR) is 107 cm³/mol. The van der Waals surface area contributed by atoms with E-state index in [1.807, 2.05) is 28.8 Å². The van der Waals surface area contributed by atoms with Crippen molar-refractivity contribution in [1.29, 1.82) is 0 Å². The molecule has 9 heteroatoms. The Morgan fingerprint density at radius 2 is 1.54 bits per heavy atom. The average Bonchev–Trinajstić information content (AvgIpc) is 2.99. The second kappa shape index (κ2) is 8.00. The molecule has 5 nitrogen and oxygen atoms in total. The zero-order valence-corrected chi connectivity index (χ0v) is 16.9. The molecule has 0 saturated heterocycles. The third kappa shape index (κ3) is 4.79. The summed E-state index contributed by atoms with van der Waals surface area (Å²) in [6.45, 7) is 0. The lowest BCUT2D eigenvalue weighted by Gasteiger charge is -2.10. The first kappa shape index (κ1) is 19.2. The van der Waals surface area contributed by atoms with Crippen molar-refractivity contribution in [2.45, 2.75) is 5.16 Å². The summed E-state index contributed by atoms with van der Waals surface area (Å²) >= 11 is 13.3. The molecule has 0 spiro atoms. The van der Waals surface area contributed by atoms with Crippen LogP contribution in [-0.4, -0.2) is 40.9 Å². The maximum Gasteiger partial charge on any atom is 0.196 e. The minimum atomic E-state index is -3.04. The van der Waals surface area contributed by atoms with Gasteiger partial charge in [0.25, 0.3) is 0 Å². The van der Waals surface area contributed by atoms with Gasteiger partial charge in [0.2, 0.25) is 0 Å². The third-order valence-corrected chi connectivity index (χ3v) is 6.14. The van der Waals surface area contributed by atoms with Gasteiger partial charge in [-0.3, -0.25) is 4.57 Å². The second-order valence-corrected chi connectivity index (χ2v) is 9.80. The van der Waals surface area contributed by atoms with E-state index in [-0.39, 0.29) is 5.75 Å². The van der Waals surface area contributed by atoms with E-state index >= 15 is 0 Å². The van der Waals surface area contributed by atoms with Gasteiger partial charge in [0.05, 0.1) is 5.75 Å². The molecule has 3 aromatic rings. The van der Waals surface area contributed by atoms with Gasteiger partial charge in [0.1, 0.15) is 9.84 Å². The van der Waals surface area contributed by atoms with Gasteiger partial charge in [-0.25, -0.2) is 8.42 Å². The number of benzene rings is 2. The molecule has 0 aliphatic carbocycles. The van der Waals surface area contributed by atoms with Crippen molar-refractivity contribution < 1.29 is 8.42 Å². The SMILES string of the molecule is CS(=O)(=O)CCSc1nnc(-c2ccc(Cl)cc2)n1-c1ccc(Cl)cc1. The van der Waals surface area contributed by atoms with Crippen LogP contribution in [0.5, 0.6) is 0 Å². The average molecular weight is 428 g/mol. The van der Waals surface area contributed by atoms with Gasteiger partial charge in [0, 0.05) is 33.3 Å². The molecule has 0 amide bonds. The summed E-state index contributed by atoms with van der Waals surface area (Å²) in [5.74, 6) is 1.11. The Labute approximate surface area is 166 Å². The lowest BCUT2D eigenvalue weighted by Crippen LogP contribution is -2.06. The standard InChI is InChI=1S/C17H15Cl2N3O2S2/c1-26(23,24)11-10-25-17-21-20-16(12-2-4-13(18)5-3-12)22(17)15-8-6-14(19)7-9-15/h2-9H,10-11H2,1H3. The van der Waals surface area contributed by atoms with Crippen LogP contribution in [0, 0.1) is 0 Å². The van der Waals surface area contributed by atoms with Crippen LogP contribution in [0.1, 0.15) is 0 Å². The Balaban J connectivity index is 2.01. The smallest absolute Gasteiger partial charge is 0.196 e. The Bertz CT molecular complexity index is 1000. The number of nitrogens with zero attached hydrogens (tertiary/aromatic N) is 3. The molecule has 0 fully saturated rings. The molecule has 1 aromatic heterocycles. The van der Waals surface area contributed by atoms with Gasteiger partial charge in [-0.05, 0) is 48.5 Å². The Hall–Kier alpha value is -1.54. The summed E-state index contributed by atoms with van der Waals surface area (Å²) in [5, 5.41) is 10.4. The summed E-state index contributed by atoms with van der Waals surface area (Å²) in [6, 6.07) is 14.6. The minimum absolute atomic E-state index is 0.0709. The van der Waals surface area contributed by atoms with Crippen LogP contribution >= 0.6 is 35.0 Å². The highest BCUT2D eigenvalue weighted by Crippen LogP contribution is 2.29. The zero-order valence-electron chi connectivity index (χ0n) is 13.8. The quantitative estimate of drug-likeness (QED) is 0.546. The lowest BCUT2D eigenvalue weighted by molar-refractivity contribution is 0.603. The van der Waals surface area contributed by atoms with Gasteiger partial charge in [-0.15, -0.1) is 10.2 Å². The van der Waals surface area contributed by atoms with E-state index in [1.165, 1.54) is 18.0 Å². The number of thioether (sulfide) groups is 1. The summed E-state index contributed by atoms with van der Waals surface area (Å²) in [6.07, 6.45) is 1.22. The highest BCUT2D eigenvalue weighted by molar-refractivity contribution is 8.00. The predicted octanol–water partition coefficient (Wildman–Crippen LogP) is 4.38. The fourth-order valence-corrected chi connectivity index (χ4v) is 4.66. The number of hydrogen-bond acceptors (Lipinski definition) is 5. The molecular weight excluding hydrogens is 413 g/mol. The maximum atomic E-state index is 11.4. The maximum absolute atomic E-state index is 11.4. The molecule has 0 bridgehead atoms. The van der Waals surface area contributed by atoms with E-state index in [4.69, 9.17) is 23.2 Å². The lowest BCUT2D eigenvalue weighted by atomic mass is 10.2. The summed E-state index contributed by atoms with van der Waals surface area (Å²) in [4.78, 5) is 0. The van der Waals surface area contributed by atoms with Crippen molar-refractivity contribution in [3.8, 4) is 17.1 Å². The number of aromatic nitrogens is 3. The Kier molecular flexibility index (Phi) is 5.92. The van der Waals surface area contributed by atoms with Crippen molar-refractivity contribution >= 4 is 44.8 Å². The first-order valence-electron chi connectivity index (χ1n) is 7.61. The summed E-state index contributed by atoms with van der Waals surface area (Å²) in [7, 11) is -3.04. The highest BCUT2D eigenvalue weighted by atomic mass is 35.5. The van der Waals surface area contributed by atoms with Crippen molar-refractivity contribution in [3.63, 3.8) is 0 Å². The molecule has 0 atom stereocenters. The van der Waals surface area contributed by atoms with Crippen molar-refractivity contribution in [3.05, 3.63) is 58.6 Å². The topological polar surface area (TPSA) is 64.8 Å². The Morgan fingerprint density at radius 3 is 2.12 bits per heavy atom. The second-order valence-electron chi connectivity index (χ2n) is 5.60. The van der Waals surface area contributed by atoms with Crippen LogP contribution in [0.2, 0.25) is 10.0 Å². The zero-order chi connectivity index (χ0) is 18.7. The highest BCUT2D eigenvalue weighted by Gasteiger charge is 2.17. The van der Waals surface area contributed by atoms with Gasteiger partial charge in [0.15, 0.2) is 11.0 Å². The normalized spacial score (nSPS) is 11.7. The summed E-state index contributed by atoms with van der Waals surface area (Å²) < 4.78 is 24.7. The van der Waals surface area contributed by atoms with E-state index in [0.717, 1.165) is 11.3 Å². The van der Waals surface area contributed by atoms with E-state index < -0.39 is 9.84 Å². The van der Waals surface area contributed by atoms with Crippen molar-refractivity contribution in [2.24, 2.45) is 0 Å². The molecule has 0 radical (unpaired) electrons. The van der Waals surface area contributed by atoms with Crippen molar-refractivity contribution in [2.75, 3.05) is 17.8 Å². The van der Waals surface area contributed by atoms with E-state index in [0.29, 0.717) is 26.8 Å². The van der Waals surface area contributed by atoms with Gasteiger partial charge < -0.3 is 0 Å². The van der Waals surface area contributed by atoms with Crippen LogP contribution in [-0.2, 0) is 9.84 Å². The van der Waals surface area contributed by atoms with Crippen LogP contribution in [0.4, 0.5) is 0 Å². The third-order valence-electron chi connectivity index (χ3n) is 3.51. The molecule has 0 saturated carbocycles. The number of rotatable bonds is 6. The molecule has 3 rings (SSSR count). The van der Waals surface area contributed by atoms with Crippen LogP contribution in [0.15, 0.2) is 53.7 Å². The van der Waals surface area contributed by atoms with Crippen LogP contribution in [0.3, 0.4) is 0 Å². The fourth-order valence-electron chi connectivity index (χ4n) is 2.26. The minimum Gasteiger partial charge on any atom is -0.270 e. The molecule has 0 aliphatic heterocycles. The Morgan fingerprint density at radius 1 is 0.962 bits per heavy atom. The molecule has 1 heterocycles. The van der Waals surface area contributed by atoms with Gasteiger partial charge in [-0.1, -0.05) is 35.0 Å². The number of sulfone groups is 1. The molecular formula is C17H15Cl2N3O2S2. The van der Waals surface area contributed by atoms with E-state index in [1.54, 1.807) is 24.3 Å². The molecule has 0 N–H and O–H groups in total. The first-order valence-corrected chi connectivity index (χ1v) is 11.4. The van der Waals surface area contributed by atoms with Crippen LogP contribution in [0.25, 0.3) is 17.1 Å². The van der Waals surface area contributed by atoms with Crippen LogP contribution < -0.4 is 0 Å². The molecule has 0 unspecified atom stereocenters. The van der Waals surface area contributed by atoms with E-state index in [9.17, 15) is 8.42 Å².